The molecule has 10 nitrogen and oxygen atoms in total. The van der Waals surface area contributed by atoms with Crippen LogP contribution in [0.15, 0.2) is 12.1 Å². The highest BCUT2D eigenvalue weighted by atomic mass is 16.6. The van der Waals surface area contributed by atoms with Crippen LogP contribution in [-0.4, -0.2) is 30.5 Å². The molecule has 1 unspecified atom stereocenters. The Morgan fingerprint density at radius 3 is 2.89 bits per heavy atom. The number of H-pyrrole nitrogens is 1. The Morgan fingerprint density at radius 2 is 2.33 bits per heavy atom. The van der Waals surface area contributed by atoms with Gasteiger partial charge in [0.2, 0.25) is 5.82 Å². The van der Waals surface area contributed by atoms with Crippen molar-refractivity contribution in [3.05, 3.63) is 28.1 Å². The van der Waals surface area contributed by atoms with Crippen LogP contribution in [0, 0.1) is 10.1 Å². The fourth-order valence-corrected chi connectivity index (χ4v) is 1.34. The molecule has 2 rings (SSSR count). The van der Waals surface area contributed by atoms with Crippen molar-refractivity contribution in [2.75, 3.05) is 11.1 Å². The first kappa shape index (κ1) is 11.7. The van der Waals surface area contributed by atoms with Gasteiger partial charge in [0.1, 0.15) is 5.82 Å². The summed E-state index contributed by atoms with van der Waals surface area (Å²) in [6.07, 6.45) is 0. The van der Waals surface area contributed by atoms with Gasteiger partial charge < -0.3 is 11.1 Å². The van der Waals surface area contributed by atoms with Gasteiger partial charge in [-0.25, -0.2) is 4.98 Å². The molecule has 0 saturated heterocycles. The molecule has 18 heavy (non-hydrogen) atoms. The molecule has 2 aromatic heterocycles. The molecule has 1 atom stereocenters. The third kappa shape index (κ3) is 2.31. The summed E-state index contributed by atoms with van der Waals surface area (Å²) in [4.78, 5) is 13.9. The van der Waals surface area contributed by atoms with Crippen LogP contribution in [-0.2, 0) is 0 Å². The molecule has 0 spiro atoms. The molecule has 2 heterocycles. The van der Waals surface area contributed by atoms with Gasteiger partial charge in [-0.2, -0.15) is 5.21 Å². The lowest BCUT2D eigenvalue weighted by molar-refractivity contribution is -0.384. The zero-order valence-corrected chi connectivity index (χ0v) is 9.36. The number of pyridine rings is 1. The Balaban J connectivity index is 2.15. The van der Waals surface area contributed by atoms with E-state index in [1.54, 1.807) is 6.92 Å². The number of nitrogen functional groups attached to an aromatic ring is 1. The number of anilines is 2. The first-order valence-corrected chi connectivity index (χ1v) is 4.98. The molecule has 10 heteroatoms. The van der Waals surface area contributed by atoms with E-state index in [1.807, 2.05) is 0 Å². The van der Waals surface area contributed by atoms with Crippen molar-refractivity contribution in [2.45, 2.75) is 13.0 Å². The quantitative estimate of drug-likeness (QED) is 0.516. The van der Waals surface area contributed by atoms with E-state index < -0.39 is 4.92 Å². The molecule has 0 fully saturated rings. The van der Waals surface area contributed by atoms with Crippen molar-refractivity contribution in [1.82, 2.24) is 25.6 Å². The average Bonchev–Trinajstić information content (AvgIpc) is 2.81. The molecule has 4 N–H and O–H groups in total. The number of aromatic amines is 1. The van der Waals surface area contributed by atoms with Gasteiger partial charge in [0.15, 0.2) is 5.82 Å². The van der Waals surface area contributed by atoms with Crippen molar-refractivity contribution < 1.29 is 4.92 Å². The number of nitrogens with two attached hydrogens (primary N) is 1. The molecular weight excluding hydrogens is 240 g/mol. The van der Waals surface area contributed by atoms with Gasteiger partial charge in [0, 0.05) is 6.07 Å². The summed E-state index contributed by atoms with van der Waals surface area (Å²) >= 11 is 0. The Hall–Kier alpha value is -2.78. The maximum absolute atomic E-state index is 10.6. The summed E-state index contributed by atoms with van der Waals surface area (Å²) in [5, 5.41) is 26.9. The van der Waals surface area contributed by atoms with E-state index in [-0.39, 0.29) is 17.5 Å². The van der Waals surface area contributed by atoms with E-state index in [1.165, 1.54) is 12.1 Å². The number of hydrogen-bond acceptors (Lipinski definition) is 8. The van der Waals surface area contributed by atoms with Crippen LogP contribution >= 0.6 is 0 Å². The van der Waals surface area contributed by atoms with Crippen LogP contribution in [0.5, 0.6) is 0 Å². The van der Waals surface area contributed by atoms with Crippen molar-refractivity contribution in [3.8, 4) is 0 Å². The van der Waals surface area contributed by atoms with Gasteiger partial charge in [-0.1, -0.05) is 5.21 Å². The van der Waals surface area contributed by atoms with Crippen LogP contribution in [0.4, 0.5) is 17.3 Å². The standard InChI is InChI=1S/C8H10N8O2/c1-4(8-12-14-15-13-8)10-6-3-2-5(16(17)18)7(9)11-6/h2-4H,1H3,(H3,9,10,11)(H,12,13,14,15). The van der Waals surface area contributed by atoms with E-state index in [4.69, 9.17) is 5.73 Å². The molecule has 0 aliphatic carbocycles. The molecule has 0 radical (unpaired) electrons. The summed E-state index contributed by atoms with van der Waals surface area (Å²) < 4.78 is 0. The predicted molar refractivity (Wildman–Crippen MR) is 61.5 cm³/mol. The third-order valence-corrected chi connectivity index (χ3v) is 2.21. The number of rotatable bonds is 4. The topological polar surface area (TPSA) is 149 Å². The number of nitro groups is 1. The fourth-order valence-electron chi connectivity index (χ4n) is 1.34. The highest BCUT2D eigenvalue weighted by molar-refractivity contribution is 5.57. The normalized spacial score (nSPS) is 12.1. The lowest BCUT2D eigenvalue weighted by Crippen LogP contribution is -2.10. The Morgan fingerprint density at radius 1 is 1.56 bits per heavy atom. The first-order valence-electron chi connectivity index (χ1n) is 4.98. The van der Waals surface area contributed by atoms with Gasteiger partial charge in [0.25, 0.3) is 0 Å². The first-order chi connectivity index (χ1) is 8.58. The number of nitrogens with zero attached hydrogens (tertiary/aromatic N) is 5. The largest absolute Gasteiger partial charge is 0.378 e. The molecular formula is C8H10N8O2. The zero-order chi connectivity index (χ0) is 13.1. The SMILES string of the molecule is CC(Nc1ccc([N+](=O)[O-])c(N)n1)c1nn[nH]n1. The summed E-state index contributed by atoms with van der Waals surface area (Å²) in [7, 11) is 0. The van der Waals surface area contributed by atoms with Gasteiger partial charge in [-0.05, 0) is 13.0 Å². The molecule has 0 saturated carbocycles. The number of nitrogens with one attached hydrogen (secondary N) is 2. The molecule has 0 aromatic carbocycles. The smallest absolute Gasteiger partial charge is 0.311 e. The van der Waals surface area contributed by atoms with Crippen LogP contribution in [0.2, 0.25) is 0 Å². The van der Waals surface area contributed by atoms with E-state index in [0.29, 0.717) is 11.6 Å². The molecule has 0 amide bonds. The number of aromatic nitrogens is 5. The second-order valence-electron chi connectivity index (χ2n) is 3.49. The van der Waals surface area contributed by atoms with Crippen molar-refractivity contribution >= 4 is 17.3 Å². The molecule has 94 valence electrons. The Kier molecular flexibility index (Phi) is 3.00. The van der Waals surface area contributed by atoms with Gasteiger partial charge in [0.05, 0.1) is 11.0 Å². The predicted octanol–water partition coefficient (Wildman–Crippen LogP) is 0.258. The fraction of sp³-hybridized carbons (Fsp3) is 0.250. The van der Waals surface area contributed by atoms with Gasteiger partial charge in [-0.3, -0.25) is 10.1 Å². The minimum Gasteiger partial charge on any atom is -0.378 e. The lowest BCUT2D eigenvalue weighted by Gasteiger charge is -2.10. The highest BCUT2D eigenvalue weighted by Gasteiger charge is 2.15. The van der Waals surface area contributed by atoms with Gasteiger partial charge in [-0.15, -0.1) is 10.2 Å². The van der Waals surface area contributed by atoms with E-state index in [0.717, 1.165) is 0 Å². The van der Waals surface area contributed by atoms with Crippen LogP contribution < -0.4 is 11.1 Å². The molecule has 2 aromatic rings. The van der Waals surface area contributed by atoms with Crippen LogP contribution in [0.3, 0.4) is 0 Å². The summed E-state index contributed by atoms with van der Waals surface area (Å²) in [5.74, 6) is 0.703. The van der Waals surface area contributed by atoms with E-state index in [9.17, 15) is 10.1 Å². The average molecular weight is 250 g/mol. The molecule has 0 aliphatic heterocycles. The molecule has 0 aliphatic rings. The maximum Gasteiger partial charge on any atom is 0.311 e. The van der Waals surface area contributed by atoms with Crippen molar-refractivity contribution in [3.63, 3.8) is 0 Å². The summed E-state index contributed by atoms with van der Waals surface area (Å²) in [5.41, 5.74) is 5.25. The van der Waals surface area contributed by atoms with Crippen molar-refractivity contribution in [2.24, 2.45) is 0 Å². The summed E-state index contributed by atoms with van der Waals surface area (Å²) in [6.45, 7) is 1.80. The zero-order valence-electron chi connectivity index (χ0n) is 9.36. The Bertz CT molecular complexity index is 554. The maximum atomic E-state index is 10.6. The number of tetrazole rings is 1. The van der Waals surface area contributed by atoms with E-state index >= 15 is 0 Å². The lowest BCUT2D eigenvalue weighted by atomic mass is 10.3. The van der Waals surface area contributed by atoms with Crippen molar-refractivity contribution in [1.29, 1.82) is 0 Å². The minimum atomic E-state index is -0.589. The minimum absolute atomic E-state index is 0.148. The molecule has 0 bridgehead atoms. The second-order valence-corrected chi connectivity index (χ2v) is 3.49. The van der Waals surface area contributed by atoms with Crippen LogP contribution in [0.25, 0.3) is 0 Å². The van der Waals surface area contributed by atoms with Crippen LogP contribution in [0.1, 0.15) is 18.8 Å². The highest BCUT2D eigenvalue weighted by Crippen LogP contribution is 2.22. The monoisotopic (exact) mass is 250 g/mol. The summed E-state index contributed by atoms with van der Waals surface area (Å²) in [6, 6.07) is 2.50. The van der Waals surface area contributed by atoms with Gasteiger partial charge >= 0.3 is 5.69 Å². The third-order valence-electron chi connectivity index (χ3n) is 2.21. The van der Waals surface area contributed by atoms with E-state index in [2.05, 4.69) is 30.9 Å². The number of hydrogen-bond donors (Lipinski definition) is 3. The Labute approximate surface area is 101 Å². The second kappa shape index (κ2) is 4.61.